The topological polar surface area (TPSA) is 75.2 Å². The van der Waals surface area contributed by atoms with Crippen LogP contribution < -0.4 is 20.1 Å². The number of alkyl halides is 2. The van der Waals surface area contributed by atoms with E-state index in [-0.39, 0.29) is 42.2 Å². The standard InChI is InChI=1S/C23H28F2N4O3.HI/c1-26-23(28-14-18-12-19(31-2)8-9-20(18)32-22(24)25)27-13-16-5-3-6-17(11-16)15-29-10-4-7-21(29)30;/h3,5-6,8-9,11-12,22H,4,7,10,13-15H2,1-2H3,(H2,26,27,28);1H. The van der Waals surface area contributed by atoms with Gasteiger partial charge in [-0.1, -0.05) is 24.3 Å². The number of hydrogen-bond acceptors (Lipinski definition) is 4. The number of carbonyl (C=O) groups is 1. The molecule has 1 saturated heterocycles. The van der Waals surface area contributed by atoms with Crippen LogP contribution in [0.3, 0.4) is 0 Å². The van der Waals surface area contributed by atoms with Gasteiger partial charge in [0.15, 0.2) is 5.96 Å². The largest absolute Gasteiger partial charge is 0.497 e. The second kappa shape index (κ2) is 13.2. The van der Waals surface area contributed by atoms with Crippen LogP contribution >= 0.6 is 24.0 Å². The molecule has 10 heteroatoms. The maximum atomic E-state index is 12.7. The van der Waals surface area contributed by atoms with Gasteiger partial charge in [-0.05, 0) is 35.7 Å². The maximum absolute atomic E-state index is 12.7. The number of carbonyl (C=O) groups excluding carboxylic acids is 1. The summed E-state index contributed by atoms with van der Waals surface area (Å²) in [6.45, 7) is -0.764. The fourth-order valence-electron chi connectivity index (χ4n) is 3.55. The molecule has 0 spiro atoms. The highest BCUT2D eigenvalue weighted by molar-refractivity contribution is 14.0. The first-order chi connectivity index (χ1) is 15.5. The molecule has 1 fully saturated rings. The molecule has 1 aliphatic rings. The first-order valence-corrected chi connectivity index (χ1v) is 10.4. The molecule has 0 saturated carbocycles. The third kappa shape index (κ3) is 8.02. The zero-order valence-electron chi connectivity index (χ0n) is 18.6. The fraction of sp³-hybridized carbons (Fsp3) is 0.391. The summed E-state index contributed by atoms with van der Waals surface area (Å²) in [5.74, 6) is 1.33. The highest BCUT2D eigenvalue weighted by atomic mass is 127. The number of amides is 1. The molecule has 1 heterocycles. The van der Waals surface area contributed by atoms with Gasteiger partial charge in [-0.2, -0.15) is 8.78 Å². The Kier molecular flexibility index (Phi) is 10.6. The molecule has 2 aromatic rings. The minimum atomic E-state index is -2.91. The van der Waals surface area contributed by atoms with Gasteiger partial charge < -0.3 is 25.0 Å². The van der Waals surface area contributed by atoms with Crippen molar-refractivity contribution in [2.75, 3.05) is 20.7 Å². The summed E-state index contributed by atoms with van der Waals surface area (Å²) in [4.78, 5) is 17.9. The predicted octanol–water partition coefficient (Wildman–Crippen LogP) is 3.90. The normalized spacial score (nSPS) is 13.7. The number of benzene rings is 2. The van der Waals surface area contributed by atoms with Crippen molar-refractivity contribution in [3.8, 4) is 11.5 Å². The van der Waals surface area contributed by atoms with E-state index in [1.54, 1.807) is 19.2 Å². The van der Waals surface area contributed by atoms with E-state index in [9.17, 15) is 13.6 Å². The summed E-state index contributed by atoms with van der Waals surface area (Å²) in [5, 5.41) is 6.32. The lowest BCUT2D eigenvalue weighted by molar-refractivity contribution is -0.128. The number of nitrogens with one attached hydrogen (secondary N) is 2. The monoisotopic (exact) mass is 574 g/mol. The van der Waals surface area contributed by atoms with Crippen molar-refractivity contribution in [2.45, 2.75) is 39.1 Å². The van der Waals surface area contributed by atoms with E-state index in [1.807, 2.05) is 23.1 Å². The summed E-state index contributed by atoms with van der Waals surface area (Å²) < 4.78 is 35.2. The van der Waals surface area contributed by atoms with Gasteiger partial charge in [0.25, 0.3) is 0 Å². The van der Waals surface area contributed by atoms with E-state index in [0.29, 0.717) is 36.8 Å². The number of guanidine groups is 1. The molecule has 3 rings (SSSR count). The molecular weight excluding hydrogens is 545 g/mol. The Morgan fingerprint density at radius 3 is 2.58 bits per heavy atom. The Morgan fingerprint density at radius 2 is 1.91 bits per heavy atom. The number of rotatable bonds is 9. The van der Waals surface area contributed by atoms with Gasteiger partial charge in [-0.25, -0.2) is 0 Å². The number of likely N-dealkylation sites (tertiary alicyclic amines) is 1. The van der Waals surface area contributed by atoms with E-state index in [4.69, 9.17) is 4.74 Å². The van der Waals surface area contributed by atoms with Crippen molar-refractivity contribution in [2.24, 2.45) is 4.99 Å². The van der Waals surface area contributed by atoms with Crippen molar-refractivity contribution in [3.63, 3.8) is 0 Å². The van der Waals surface area contributed by atoms with Crippen molar-refractivity contribution in [3.05, 3.63) is 59.2 Å². The van der Waals surface area contributed by atoms with Crippen LogP contribution in [-0.4, -0.2) is 44.1 Å². The molecular formula is C23H29F2IN4O3. The van der Waals surface area contributed by atoms with Gasteiger partial charge in [0.1, 0.15) is 11.5 Å². The number of aliphatic imine (C=N–C) groups is 1. The Bertz CT molecular complexity index is 959. The number of methoxy groups -OCH3 is 1. The average molecular weight is 574 g/mol. The van der Waals surface area contributed by atoms with Crippen LogP contribution in [0.2, 0.25) is 0 Å². The van der Waals surface area contributed by atoms with Crippen molar-refractivity contribution >= 4 is 35.8 Å². The number of halogens is 3. The van der Waals surface area contributed by atoms with Gasteiger partial charge in [-0.3, -0.25) is 9.79 Å². The number of nitrogens with zero attached hydrogens (tertiary/aromatic N) is 2. The molecule has 0 aromatic heterocycles. The van der Waals surface area contributed by atoms with Crippen molar-refractivity contribution in [1.29, 1.82) is 0 Å². The van der Waals surface area contributed by atoms with E-state index >= 15 is 0 Å². The molecule has 0 atom stereocenters. The van der Waals surface area contributed by atoms with Crippen molar-refractivity contribution < 1.29 is 23.0 Å². The Balaban J connectivity index is 0.00000385. The number of hydrogen-bond donors (Lipinski definition) is 2. The molecule has 180 valence electrons. The van der Waals surface area contributed by atoms with E-state index < -0.39 is 6.61 Å². The summed E-state index contributed by atoms with van der Waals surface area (Å²) in [7, 11) is 3.14. The average Bonchev–Trinajstić information content (AvgIpc) is 3.19. The van der Waals surface area contributed by atoms with Gasteiger partial charge >= 0.3 is 6.61 Å². The maximum Gasteiger partial charge on any atom is 0.387 e. The molecule has 2 N–H and O–H groups in total. The molecule has 1 amide bonds. The fourth-order valence-corrected chi connectivity index (χ4v) is 3.55. The summed E-state index contributed by atoms with van der Waals surface area (Å²) in [5.41, 5.74) is 2.64. The first kappa shape index (κ1) is 26.6. The molecule has 0 radical (unpaired) electrons. The van der Waals surface area contributed by atoms with Gasteiger partial charge in [0.05, 0.1) is 7.11 Å². The second-order valence-corrected chi connectivity index (χ2v) is 7.37. The van der Waals surface area contributed by atoms with Crippen LogP contribution in [0.1, 0.15) is 29.5 Å². The highest BCUT2D eigenvalue weighted by Crippen LogP contribution is 2.25. The van der Waals surface area contributed by atoms with E-state index in [2.05, 4.69) is 26.4 Å². The van der Waals surface area contributed by atoms with Crippen LogP contribution in [0.15, 0.2) is 47.5 Å². The van der Waals surface area contributed by atoms with Crippen LogP contribution in [0, 0.1) is 0 Å². The van der Waals surface area contributed by atoms with Crippen LogP contribution in [0.5, 0.6) is 11.5 Å². The van der Waals surface area contributed by atoms with Gasteiger partial charge in [0.2, 0.25) is 5.91 Å². The highest BCUT2D eigenvalue weighted by Gasteiger charge is 2.20. The van der Waals surface area contributed by atoms with Crippen LogP contribution in [0.25, 0.3) is 0 Å². The lowest BCUT2D eigenvalue weighted by Gasteiger charge is -2.17. The zero-order valence-corrected chi connectivity index (χ0v) is 21.0. The van der Waals surface area contributed by atoms with Gasteiger partial charge in [0, 0.05) is 45.2 Å². The molecule has 1 aliphatic heterocycles. The Labute approximate surface area is 209 Å². The van der Waals surface area contributed by atoms with Crippen LogP contribution in [-0.2, 0) is 24.4 Å². The molecule has 0 bridgehead atoms. The SMILES string of the molecule is CN=C(NCc1cccc(CN2CCCC2=O)c1)NCc1cc(OC)ccc1OC(F)F.I. The third-order valence-electron chi connectivity index (χ3n) is 5.15. The lowest BCUT2D eigenvalue weighted by atomic mass is 10.1. The predicted molar refractivity (Wildman–Crippen MR) is 133 cm³/mol. The lowest BCUT2D eigenvalue weighted by Crippen LogP contribution is -2.36. The Morgan fingerprint density at radius 1 is 1.15 bits per heavy atom. The Hall–Kier alpha value is -2.63. The second-order valence-electron chi connectivity index (χ2n) is 7.37. The molecule has 33 heavy (non-hydrogen) atoms. The third-order valence-corrected chi connectivity index (χ3v) is 5.15. The molecule has 0 unspecified atom stereocenters. The quantitative estimate of drug-likeness (QED) is 0.270. The molecule has 2 aromatic carbocycles. The van der Waals surface area contributed by atoms with Crippen molar-refractivity contribution in [1.82, 2.24) is 15.5 Å². The van der Waals surface area contributed by atoms with Crippen LogP contribution in [0.4, 0.5) is 8.78 Å². The number of ether oxygens (including phenoxy) is 2. The summed E-state index contributed by atoms with van der Waals surface area (Å²) >= 11 is 0. The zero-order chi connectivity index (χ0) is 22.9. The van der Waals surface area contributed by atoms with Gasteiger partial charge in [-0.15, -0.1) is 24.0 Å². The van der Waals surface area contributed by atoms with E-state index in [0.717, 1.165) is 24.1 Å². The molecule has 0 aliphatic carbocycles. The summed E-state index contributed by atoms with van der Waals surface area (Å²) in [6, 6.07) is 12.7. The van der Waals surface area contributed by atoms with E-state index in [1.165, 1.54) is 13.2 Å². The minimum absolute atomic E-state index is 0. The molecule has 7 nitrogen and oxygen atoms in total. The smallest absolute Gasteiger partial charge is 0.387 e. The minimum Gasteiger partial charge on any atom is -0.497 e. The summed E-state index contributed by atoms with van der Waals surface area (Å²) in [6.07, 6.45) is 1.54. The first-order valence-electron chi connectivity index (χ1n) is 10.4.